The third-order valence-electron chi connectivity index (χ3n) is 3.20. The number of hydrogen-bond acceptors (Lipinski definition) is 6. The summed E-state index contributed by atoms with van der Waals surface area (Å²) in [4.78, 5) is 28.0. The van der Waals surface area contributed by atoms with Crippen molar-refractivity contribution in [1.82, 2.24) is 10.3 Å². The molecule has 0 unspecified atom stereocenters. The summed E-state index contributed by atoms with van der Waals surface area (Å²) >= 11 is 0. The zero-order valence-corrected chi connectivity index (χ0v) is 13.7. The number of nitrogens with zero attached hydrogens (tertiary/aromatic N) is 1. The molecule has 7 nitrogen and oxygen atoms in total. The van der Waals surface area contributed by atoms with Gasteiger partial charge in [0.05, 0.1) is 18.7 Å². The number of fused-ring (bicyclic) bond motifs is 1. The smallest absolute Gasteiger partial charge is 0.325 e. The summed E-state index contributed by atoms with van der Waals surface area (Å²) in [5.74, 6) is -0.818. The summed E-state index contributed by atoms with van der Waals surface area (Å²) in [7, 11) is 0. The van der Waals surface area contributed by atoms with Crippen molar-refractivity contribution in [3.8, 4) is 5.75 Å². The van der Waals surface area contributed by atoms with E-state index in [1.165, 1.54) is 0 Å². The fourth-order valence-corrected chi connectivity index (χ4v) is 2.15. The molecule has 1 aromatic carbocycles. The number of pyridine rings is 1. The molecule has 0 radical (unpaired) electrons. The van der Waals surface area contributed by atoms with Gasteiger partial charge in [-0.3, -0.25) is 9.59 Å². The summed E-state index contributed by atoms with van der Waals surface area (Å²) in [6.07, 6.45) is 0. The quantitative estimate of drug-likeness (QED) is 0.740. The molecule has 0 fully saturated rings. The van der Waals surface area contributed by atoms with Crippen molar-refractivity contribution in [3.63, 3.8) is 0 Å². The van der Waals surface area contributed by atoms with Crippen LogP contribution in [-0.4, -0.2) is 48.3 Å². The largest absolute Gasteiger partial charge is 0.489 e. The number of rotatable bonds is 7. The van der Waals surface area contributed by atoms with E-state index < -0.39 is 11.9 Å². The highest BCUT2D eigenvalue weighted by atomic mass is 16.5. The first-order valence-corrected chi connectivity index (χ1v) is 7.64. The number of aromatic nitrogens is 1. The van der Waals surface area contributed by atoms with Gasteiger partial charge < -0.3 is 19.9 Å². The Morgan fingerprint density at radius 3 is 2.79 bits per heavy atom. The molecule has 7 heteroatoms. The molecule has 128 valence electrons. The molecule has 0 aliphatic rings. The Balaban J connectivity index is 2.29. The summed E-state index contributed by atoms with van der Waals surface area (Å²) in [6, 6.07) is 7.32. The van der Waals surface area contributed by atoms with Gasteiger partial charge in [-0.2, -0.15) is 0 Å². The second kappa shape index (κ2) is 8.26. The molecule has 0 bridgehead atoms. The van der Waals surface area contributed by atoms with Crippen LogP contribution in [0.2, 0.25) is 0 Å². The zero-order chi connectivity index (χ0) is 17.5. The van der Waals surface area contributed by atoms with Crippen LogP contribution in [0.4, 0.5) is 0 Å². The lowest BCUT2D eigenvalue weighted by Gasteiger charge is -2.12. The first kappa shape index (κ1) is 17.7. The minimum Gasteiger partial charge on any atom is -0.489 e. The predicted molar refractivity (Wildman–Crippen MR) is 88.0 cm³/mol. The number of nitrogens with one attached hydrogen (secondary N) is 1. The van der Waals surface area contributed by atoms with Crippen molar-refractivity contribution < 1.29 is 24.2 Å². The molecule has 0 atom stereocenters. The second-order valence-electron chi connectivity index (χ2n) is 5.09. The van der Waals surface area contributed by atoms with Gasteiger partial charge >= 0.3 is 5.97 Å². The Bertz CT molecular complexity index is 745. The highest BCUT2D eigenvalue weighted by Gasteiger charge is 2.17. The Labute approximate surface area is 139 Å². The standard InChI is InChI=1S/C17H20N2O5/c1-3-23-15(21)10-18-17(22)16-14(24-7-6-20)9-12-8-11(2)4-5-13(12)19-16/h4-5,8-9,20H,3,6-7,10H2,1-2H3,(H,18,22). The number of carbonyl (C=O) groups is 2. The minimum atomic E-state index is -0.543. The molecule has 1 aromatic heterocycles. The first-order chi connectivity index (χ1) is 11.5. The van der Waals surface area contributed by atoms with Gasteiger partial charge in [-0.15, -0.1) is 0 Å². The molecule has 0 spiro atoms. The number of ether oxygens (including phenoxy) is 2. The van der Waals surface area contributed by atoms with E-state index in [4.69, 9.17) is 14.6 Å². The second-order valence-corrected chi connectivity index (χ2v) is 5.09. The first-order valence-electron chi connectivity index (χ1n) is 7.64. The normalized spacial score (nSPS) is 10.5. The van der Waals surface area contributed by atoms with Crippen LogP contribution in [0.25, 0.3) is 10.9 Å². The van der Waals surface area contributed by atoms with Crippen LogP contribution in [0, 0.1) is 6.92 Å². The predicted octanol–water partition coefficient (Wildman–Crippen LogP) is 1.21. The number of benzene rings is 1. The van der Waals surface area contributed by atoms with Gasteiger partial charge in [0, 0.05) is 5.39 Å². The maximum Gasteiger partial charge on any atom is 0.325 e. The lowest BCUT2D eigenvalue weighted by Crippen LogP contribution is -2.31. The van der Waals surface area contributed by atoms with Crippen molar-refractivity contribution in [2.45, 2.75) is 13.8 Å². The van der Waals surface area contributed by atoms with Crippen LogP contribution in [0.15, 0.2) is 24.3 Å². The van der Waals surface area contributed by atoms with Crippen LogP contribution in [0.1, 0.15) is 23.0 Å². The number of aliphatic hydroxyl groups excluding tert-OH is 1. The van der Waals surface area contributed by atoms with Crippen LogP contribution in [0.3, 0.4) is 0 Å². The molecule has 2 rings (SSSR count). The van der Waals surface area contributed by atoms with Crippen molar-refractivity contribution in [2.75, 3.05) is 26.4 Å². The van der Waals surface area contributed by atoms with Crippen LogP contribution in [0.5, 0.6) is 5.75 Å². The fraction of sp³-hybridized carbons (Fsp3) is 0.353. The van der Waals surface area contributed by atoms with E-state index >= 15 is 0 Å². The molecule has 0 saturated carbocycles. The average Bonchev–Trinajstić information content (AvgIpc) is 2.57. The lowest BCUT2D eigenvalue weighted by atomic mass is 10.1. The van der Waals surface area contributed by atoms with Gasteiger partial charge in [-0.1, -0.05) is 11.6 Å². The maximum absolute atomic E-state index is 12.3. The van der Waals surface area contributed by atoms with Gasteiger partial charge in [0.1, 0.15) is 13.2 Å². The number of aliphatic hydroxyl groups is 1. The van der Waals surface area contributed by atoms with E-state index in [-0.39, 0.29) is 37.8 Å². The Hall–Kier alpha value is -2.67. The third kappa shape index (κ3) is 4.42. The van der Waals surface area contributed by atoms with Gasteiger partial charge in [0.2, 0.25) is 0 Å². The molecular formula is C17H20N2O5. The summed E-state index contributed by atoms with van der Waals surface area (Å²) < 4.78 is 10.2. The number of esters is 1. The van der Waals surface area contributed by atoms with E-state index in [1.807, 2.05) is 25.1 Å². The van der Waals surface area contributed by atoms with E-state index in [2.05, 4.69) is 10.3 Å². The zero-order valence-electron chi connectivity index (χ0n) is 13.7. The highest BCUT2D eigenvalue weighted by molar-refractivity contribution is 5.99. The molecule has 1 amide bonds. The molecule has 0 aliphatic carbocycles. The van der Waals surface area contributed by atoms with E-state index in [1.54, 1.807) is 13.0 Å². The van der Waals surface area contributed by atoms with Crippen molar-refractivity contribution in [1.29, 1.82) is 0 Å². The van der Waals surface area contributed by atoms with Gasteiger partial charge in [-0.05, 0) is 32.0 Å². The monoisotopic (exact) mass is 332 g/mol. The van der Waals surface area contributed by atoms with E-state index in [9.17, 15) is 9.59 Å². The fourth-order valence-electron chi connectivity index (χ4n) is 2.15. The van der Waals surface area contributed by atoms with Crippen molar-refractivity contribution in [3.05, 3.63) is 35.5 Å². The van der Waals surface area contributed by atoms with E-state index in [0.29, 0.717) is 5.52 Å². The topological polar surface area (TPSA) is 97.8 Å². The Morgan fingerprint density at radius 2 is 2.08 bits per heavy atom. The molecular weight excluding hydrogens is 312 g/mol. The molecule has 2 aromatic rings. The summed E-state index contributed by atoms with van der Waals surface area (Å²) in [5.41, 5.74) is 1.75. The van der Waals surface area contributed by atoms with Crippen LogP contribution >= 0.6 is 0 Å². The molecule has 0 aliphatic heterocycles. The van der Waals surface area contributed by atoms with Crippen molar-refractivity contribution in [2.24, 2.45) is 0 Å². The van der Waals surface area contributed by atoms with Crippen LogP contribution in [-0.2, 0) is 9.53 Å². The number of hydrogen-bond donors (Lipinski definition) is 2. The molecule has 0 saturated heterocycles. The molecule has 1 heterocycles. The summed E-state index contributed by atoms with van der Waals surface area (Å²) in [6.45, 7) is 3.49. The molecule has 24 heavy (non-hydrogen) atoms. The SMILES string of the molecule is CCOC(=O)CNC(=O)c1nc2ccc(C)cc2cc1OCCO. The summed E-state index contributed by atoms with van der Waals surface area (Å²) in [5, 5.41) is 12.2. The highest BCUT2D eigenvalue weighted by Crippen LogP contribution is 2.24. The number of aryl methyl sites for hydroxylation is 1. The third-order valence-corrected chi connectivity index (χ3v) is 3.20. The van der Waals surface area contributed by atoms with Crippen LogP contribution < -0.4 is 10.1 Å². The minimum absolute atomic E-state index is 0.0388. The number of carbonyl (C=O) groups excluding carboxylic acids is 2. The Morgan fingerprint density at radius 1 is 1.29 bits per heavy atom. The van der Waals surface area contributed by atoms with E-state index in [0.717, 1.165) is 10.9 Å². The van der Waals surface area contributed by atoms with Crippen molar-refractivity contribution >= 4 is 22.8 Å². The maximum atomic E-state index is 12.3. The van der Waals surface area contributed by atoms with Gasteiger partial charge in [0.25, 0.3) is 5.91 Å². The van der Waals surface area contributed by atoms with Gasteiger partial charge in [-0.25, -0.2) is 4.98 Å². The Kier molecular flexibility index (Phi) is 6.08. The molecule has 2 N–H and O–H groups in total. The average molecular weight is 332 g/mol. The van der Waals surface area contributed by atoms with Gasteiger partial charge in [0.15, 0.2) is 11.4 Å². The lowest BCUT2D eigenvalue weighted by molar-refractivity contribution is -0.141. The number of amides is 1.